The number of rotatable bonds is 8. The van der Waals surface area contributed by atoms with E-state index in [2.05, 4.69) is 15.5 Å². The summed E-state index contributed by atoms with van der Waals surface area (Å²) in [5.74, 6) is 0.430. The van der Waals surface area contributed by atoms with Gasteiger partial charge in [-0.3, -0.25) is 9.59 Å². The largest absolute Gasteiger partial charge is 0.496 e. The molecule has 6 nitrogen and oxygen atoms in total. The molecule has 0 aromatic heterocycles. The fourth-order valence-electron chi connectivity index (χ4n) is 3.77. The van der Waals surface area contributed by atoms with Gasteiger partial charge in [0.2, 0.25) is 0 Å². The van der Waals surface area contributed by atoms with Gasteiger partial charge in [0, 0.05) is 29.9 Å². The van der Waals surface area contributed by atoms with Crippen LogP contribution in [0.3, 0.4) is 0 Å². The highest BCUT2D eigenvalue weighted by molar-refractivity contribution is 6.04. The number of ether oxygens (including phenoxy) is 1. The lowest BCUT2D eigenvalue weighted by atomic mass is 10.0. The van der Waals surface area contributed by atoms with Crippen LogP contribution in [-0.2, 0) is 13.1 Å². The molecule has 0 saturated heterocycles. The van der Waals surface area contributed by atoms with Gasteiger partial charge in [0.25, 0.3) is 11.8 Å². The zero-order valence-electron chi connectivity index (χ0n) is 19.9. The first-order valence-corrected chi connectivity index (χ1v) is 10.8. The number of carbonyl (C=O) groups excluding carboxylic acids is 2. The Hall–Kier alpha value is -3.64. The molecule has 3 rings (SSSR count). The van der Waals surface area contributed by atoms with E-state index >= 15 is 0 Å². The van der Waals surface area contributed by atoms with Gasteiger partial charge in [-0.2, -0.15) is 0 Å². The molecule has 0 saturated carbocycles. The van der Waals surface area contributed by atoms with E-state index in [4.69, 9.17) is 4.74 Å². The van der Waals surface area contributed by atoms with E-state index < -0.39 is 0 Å². The molecule has 0 aliphatic rings. The topological polar surface area (TPSA) is 70.7 Å². The quantitative estimate of drug-likeness (QED) is 0.533. The molecule has 0 aliphatic carbocycles. The van der Waals surface area contributed by atoms with E-state index in [1.54, 1.807) is 19.2 Å². The number of benzene rings is 3. The number of nitrogens with zero attached hydrogens (tertiary/aromatic N) is 1. The molecule has 0 atom stereocenters. The van der Waals surface area contributed by atoms with Gasteiger partial charge in [-0.25, -0.2) is 0 Å². The van der Waals surface area contributed by atoms with Crippen LogP contribution in [0.1, 0.15) is 43.0 Å². The number of anilines is 1. The maximum Gasteiger partial charge on any atom is 0.255 e. The average Bonchev–Trinajstić information content (AvgIpc) is 2.78. The second kappa shape index (κ2) is 10.8. The Kier molecular flexibility index (Phi) is 7.85. The molecule has 0 unspecified atom stereocenters. The van der Waals surface area contributed by atoms with E-state index in [9.17, 15) is 9.59 Å². The van der Waals surface area contributed by atoms with E-state index in [-0.39, 0.29) is 11.8 Å². The van der Waals surface area contributed by atoms with Crippen molar-refractivity contribution < 1.29 is 14.3 Å². The van der Waals surface area contributed by atoms with Crippen LogP contribution >= 0.6 is 0 Å². The van der Waals surface area contributed by atoms with Crippen LogP contribution in [0, 0.1) is 13.8 Å². The van der Waals surface area contributed by atoms with Crippen molar-refractivity contribution in [2.75, 3.05) is 26.5 Å². The number of amides is 2. The third kappa shape index (κ3) is 6.43. The second-order valence-corrected chi connectivity index (χ2v) is 8.42. The molecule has 0 fully saturated rings. The van der Waals surface area contributed by atoms with Crippen molar-refractivity contribution in [3.63, 3.8) is 0 Å². The number of hydrogen-bond donors (Lipinski definition) is 2. The minimum absolute atomic E-state index is 0.170. The highest BCUT2D eigenvalue weighted by Gasteiger charge is 2.12. The zero-order chi connectivity index (χ0) is 24.0. The Morgan fingerprint density at radius 1 is 0.848 bits per heavy atom. The molecule has 172 valence electrons. The van der Waals surface area contributed by atoms with Gasteiger partial charge in [0.1, 0.15) is 5.75 Å². The molecular formula is C27H31N3O3. The predicted octanol–water partition coefficient (Wildman–Crippen LogP) is 4.56. The van der Waals surface area contributed by atoms with Gasteiger partial charge in [-0.1, -0.05) is 24.3 Å². The summed E-state index contributed by atoms with van der Waals surface area (Å²) in [4.78, 5) is 27.4. The summed E-state index contributed by atoms with van der Waals surface area (Å²) in [6, 6.07) is 18.7. The minimum atomic E-state index is -0.190. The Morgan fingerprint density at radius 2 is 1.52 bits per heavy atom. The third-order valence-electron chi connectivity index (χ3n) is 5.28. The lowest BCUT2D eigenvalue weighted by molar-refractivity contribution is 0.0950. The van der Waals surface area contributed by atoms with Crippen LogP contribution in [0.5, 0.6) is 5.75 Å². The summed E-state index contributed by atoms with van der Waals surface area (Å²) in [7, 11) is 5.66. The zero-order valence-corrected chi connectivity index (χ0v) is 19.9. The molecule has 0 aliphatic heterocycles. The first-order chi connectivity index (χ1) is 15.8. The van der Waals surface area contributed by atoms with Gasteiger partial charge in [0.15, 0.2) is 0 Å². The van der Waals surface area contributed by atoms with E-state index in [0.717, 1.165) is 34.7 Å². The molecule has 33 heavy (non-hydrogen) atoms. The standard InChI is InChI=1S/C27H31N3O3/c1-18-13-23(14-19(2)25(18)33-5)26(31)28-16-21-7-6-8-22(15-21)27(32)29-24-11-9-20(10-12-24)17-30(3)4/h6-15H,16-17H2,1-5H3,(H,28,31)(H,29,32). The van der Waals surface area contributed by atoms with E-state index in [1.807, 2.05) is 76.5 Å². The molecule has 6 heteroatoms. The summed E-state index contributed by atoms with van der Waals surface area (Å²) < 4.78 is 5.37. The summed E-state index contributed by atoms with van der Waals surface area (Å²) >= 11 is 0. The fraction of sp³-hybridized carbons (Fsp3) is 0.259. The Bertz CT molecular complexity index is 1110. The number of hydrogen-bond acceptors (Lipinski definition) is 4. The number of aryl methyl sites for hydroxylation is 2. The lowest BCUT2D eigenvalue weighted by Crippen LogP contribution is -2.23. The monoisotopic (exact) mass is 445 g/mol. The maximum absolute atomic E-state index is 12.7. The Balaban J connectivity index is 1.62. The molecule has 3 aromatic rings. The second-order valence-electron chi connectivity index (χ2n) is 8.42. The van der Waals surface area contributed by atoms with Gasteiger partial charge in [0.05, 0.1) is 7.11 Å². The lowest BCUT2D eigenvalue weighted by Gasteiger charge is -2.12. The molecule has 3 aromatic carbocycles. The Morgan fingerprint density at radius 3 is 2.12 bits per heavy atom. The van der Waals surface area contributed by atoms with E-state index in [0.29, 0.717) is 17.7 Å². The smallest absolute Gasteiger partial charge is 0.255 e. The van der Waals surface area contributed by atoms with Crippen molar-refractivity contribution in [1.82, 2.24) is 10.2 Å². The first kappa shape index (κ1) is 24.0. The first-order valence-electron chi connectivity index (χ1n) is 10.8. The number of carbonyl (C=O) groups is 2. The maximum atomic E-state index is 12.7. The molecule has 2 amide bonds. The van der Waals surface area contributed by atoms with Crippen LogP contribution in [0.2, 0.25) is 0 Å². The summed E-state index contributed by atoms with van der Waals surface area (Å²) in [6.45, 7) is 5.00. The molecule has 0 heterocycles. The SMILES string of the molecule is COc1c(C)cc(C(=O)NCc2cccc(C(=O)Nc3ccc(CN(C)C)cc3)c2)cc1C. The molecule has 0 spiro atoms. The minimum Gasteiger partial charge on any atom is -0.496 e. The highest BCUT2D eigenvalue weighted by atomic mass is 16.5. The van der Waals surface area contributed by atoms with Crippen LogP contribution < -0.4 is 15.4 Å². The van der Waals surface area contributed by atoms with Crippen LogP contribution in [0.25, 0.3) is 0 Å². The normalized spacial score (nSPS) is 10.7. The molecule has 2 N–H and O–H groups in total. The van der Waals surface area contributed by atoms with Crippen molar-refractivity contribution in [2.45, 2.75) is 26.9 Å². The van der Waals surface area contributed by atoms with Crippen LogP contribution in [-0.4, -0.2) is 37.9 Å². The Labute approximate surface area is 195 Å². The van der Waals surface area contributed by atoms with E-state index in [1.165, 1.54) is 5.56 Å². The molecular weight excluding hydrogens is 414 g/mol. The van der Waals surface area contributed by atoms with Crippen molar-refractivity contribution in [3.8, 4) is 5.75 Å². The van der Waals surface area contributed by atoms with Crippen molar-refractivity contribution in [1.29, 1.82) is 0 Å². The van der Waals surface area contributed by atoms with Gasteiger partial charge >= 0.3 is 0 Å². The van der Waals surface area contributed by atoms with Gasteiger partial charge in [-0.15, -0.1) is 0 Å². The summed E-state index contributed by atoms with van der Waals surface area (Å²) in [6.07, 6.45) is 0. The van der Waals surface area contributed by atoms with Crippen molar-refractivity contribution in [2.24, 2.45) is 0 Å². The van der Waals surface area contributed by atoms with Crippen molar-refractivity contribution in [3.05, 3.63) is 94.0 Å². The molecule has 0 bridgehead atoms. The predicted molar refractivity (Wildman–Crippen MR) is 132 cm³/mol. The van der Waals surface area contributed by atoms with Gasteiger partial charge < -0.3 is 20.3 Å². The number of nitrogens with one attached hydrogen (secondary N) is 2. The number of methoxy groups -OCH3 is 1. The molecule has 0 radical (unpaired) electrons. The van der Waals surface area contributed by atoms with Crippen LogP contribution in [0.4, 0.5) is 5.69 Å². The average molecular weight is 446 g/mol. The summed E-state index contributed by atoms with van der Waals surface area (Å²) in [5, 5.41) is 5.86. The van der Waals surface area contributed by atoms with Gasteiger partial charge in [-0.05, 0) is 86.6 Å². The third-order valence-corrected chi connectivity index (χ3v) is 5.28. The van der Waals surface area contributed by atoms with Crippen molar-refractivity contribution >= 4 is 17.5 Å². The van der Waals surface area contributed by atoms with Crippen LogP contribution in [0.15, 0.2) is 60.7 Å². The summed E-state index contributed by atoms with van der Waals surface area (Å²) in [5.41, 5.74) is 5.71. The fourth-order valence-corrected chi connectivity index (χ4v) is 3.77. The highest BCUT2D eigenvalue weighted by Crippen LogP contribution is 2.24.